The summed E-state index contributed by atoms with van der Waals surface area (Å²) >= 11 is 0. The average molecular weight is 472 g/mol. The number of likely N-dealkylation sites (tertiary alicyclic amines) is 1. The van der Waals surface area contributed by atoms with E-state index in [1.165, 1.54) is 6.21 Å². The van der Waals surface area contributed by atoms with Crippen LogP contribution in [0.5, 0.6) is 11.5 Å². The Kier molecular flexibility index (Phi) is 7.52. The van der Waals surface area contributed by atoms with E-state index in [4.69, 9.17) is 10.1 Å². The number of fused-ring (bicyclic) bond motifs is 1. The van der Waals surface area contributed by atoms with Crippen LogP contribution in [0.3, 0.4) is 0 Å². The number of hydrogen-bond acceptors (Lipinski definition) is 6. The van der Waals surface area contributed by atoms with Gasteiger partial charge in [-0.05, 0) is 77.0 Å². The number of para-hydroxylation sites is 1. The van der Waals surface area contributed by atoms with Gasteiger partial charge in [0.25, 0.3) is 0 Å². The van der Waals surface area contributed by atoms with Gasteiger partial charge >= 0.3 is 0 Å². The van der Waals surface area contributed by atoms with E-state index in [9.17, 15) is 10.1 Å². The first-order chi connectivity index (χ1) is 16.9. The SMILES string of the molecule is CC(=O)N1c2ccc(/C(C=N)=C/NC3CCN(C)CC3)c(Oc3ccccc3C#N)c2CCC1C. The number of amides is 1. The van der Waals surface area contributed by atoms with Gasteiger partial charge < -0.3 is 25.3 Å². The third kappa shape index (κ3) is 5.23. The Labute approximate surface area is 207 Å². The quantitative estimate of drug-likeness (QED) is 0.595. The van der Waals surface area contributed by atoms with Crippen LogP contribution in [0.4, 0.5) is 5.69 Å². The molecule has 0 aliphatic carbocycles. The van der Waals surface area contributed by atoms with Crippen molar-refractivity contribution in [2.24, 2.45) is 0 Å². The number of benzene rings is 2. The Balaban J connectivity index is 1.78. The van der Waals surface area contributed by atoms with Gasteiger partial charge in [0.1, 0.15) is 17.6 Å². The number of piperidine rings is 1. The lowest BCUT2D eigenvalue weighted by Crippen LogP contribution is -2.40. The number of nitrogens with one attached hydrogen (secondary N) is 2. The Bertz CT molecular complexity index is 1170. The highest BCUT2D eigenvalue weighted by Gasteiger charge is 2.30. The van der Waals surface area contributed by atoms with E-state index in [1.807, 2.05) is 29.3 Å². The Morgan fingerprint density at radius 2 is 1.94 bits per heavy atom. The summed E-state index contributed by atoms with van der Waals surface area (Å²) < 4.78 is 6.44. The highest BCUT2D eigenvalue weighted by molar-refractivity contribution is 6.10. The molecular weight excluding hydrogens is 438 g/mol. The fourth-order valence-corrected chi connectivity index (χ4v) is 4.97. The van der Waals surface area contributed by atoms with E-state index in [0.717, 1.165) is 55.6 Å². The van der Waals surface area contributed by atoms with Crippen LogP contribution in [0.25, 0.3) is 5.57 Å². The van der Waals surface area contributed by atoms with Crippen molar-refractivity contribution in [1.82, 2.24) is 10.2 Å². The van der Waals surface area contributed by atoms with Crippen LogP contribution < -0.4 is 15.0 Å². The fraction of sp³-hybridized carbons (Fsp3) is 0.393. The van der Waals surface area contributed by atoms with E-state index in [-0.39, 0.29) is 11.9 Å². The highest BCUT2D eigenvalue weighted by atomic mass is 16.5. The molecular formula is C28H33N5O2. The van der Waals surface area contributed by atoms with Crippen molar-refractivity contribution < 1.29 is 9.53 Å². The minimum absolute atomic E-state index is 0.0127. The average Bonchev–Trinajstić information content (AvgIpc) is 2.86. The predicted octanol–water partition coefficient (Wildman–Crippen LogP) is 4.71. The molecule has 182 valence electrons. The molecule has 0 bridgehead atoms. The van der Waals surface area contributed by atoms with E-state index in [0.29, 0.717) is 28.7 Å². The summed E-state index contributed by atoms with van der Waals surface area (Å²) in [6.45, 7) is 5.73. The van der Waals surface area contributed by atoms with Gasteiger partial charge in [-0.2, -0.15) is 5.26 Å². The molecule has 2 aromatic carbocycles. The lowest BCUT2D eigenvalue weighted by atomic mass is 9.91. The number of hydrogen-bond donors (Lipinski definition) is 2. The molecule has 0 aromatic heterocycles. The number of rotatable bonds is 6. The van der Waals surface area contributed by atoms with E-state index in [1.54, 1.807) is 25.1 Å². The molecule has 1 saturated heterocycles. The summed E-state index contributed by atoms with van der Waals surface area (Å²) in [5, 5.41) is 21.3. The predicted molar refractivity (Wildman–Crippen MR) is 139 cm³/mol. The van der Waals surface area contributed by atoms with Crippen LogP contribution >= 0.6 is 0 Å². The Hall–Kier alpha value is -3.63. The zero-order valence-corrected chi connectivity index (χ0v) is 20.7. The molecule has 1 amide bonds. The summed E-state index contributed by atoms with van der Waals surface area (Å²) in [6.07, 6.45) is 6.89. The third-order valence-electron chi connectivity index (χ3n) is 6.97. The molecule has 7 heteroatoms. The summed E-state index contributed by atoms with van der Waals surface area (Å²) in [5.74, 6) is 1.05. The molecule has 0 radical (unpaired) electrons. The van der Waals surface area contributed by atoms with Gasteiger partial charge in [0, 0.05) is 48.1 Å². The molecule has 2 N–H and O–H groups in total. The van der Waals surface area contributed by atoms with Gasteiger partial charge in [-0.25, -0.2) is 0 Å². The van der Waals surface area contributed by atoms with Gasteiger partial charge in [0.05, 0.1) is 11.3 Å². The maximum absolute atomic E-state index is 12.5. The molecule has 4 rings (SSSR count). The Morgan fingerprint density at radius 3 is 2.63 bits per heavy atom. The molecule has 1 atom stereocenters. The van der Waals surface area contributed by atoms with Crippen LogP contribution in [0.2, 0.25) is 0 Å². The fourth-order valence-electron chi connectivity index (χ4n) is 4.97. The van der Waals surface area contributed by atoms with Gasteiger partial charge in [-0.1, -0.05) is 12.1 Å². The number of nitrogens with zero attached hydrogens (tertiary/aromatic N) is 3. The van der Waals surface area contributed by atoms with E-state index >= 15 is 0 Å². The first kappa shape index (κ1) is 24.5. The first-order valence-electron chi connectivity index (χ1n) is 12.2. The molecule has 2 aliphatic rings. The number of allylic oxidation sites excluding steroid dienone is 1. The third-order valence-corrected chi connectivity index (χ3v) is 6.97. The second-order valence-electron chi connectivity index (χ2n) is 9.41. The standard InChI is InChI=1S/C28H33N5O2/c1-19-8-9-25-26(33(19)20(2)34)11-10-24(28(25)35-27-7-5-4-6-21(27)16-29)22(17-30)18-31-23-12-14-32(3)15-13-23/h4-7,10-11,17-19,23,30-31H,8-9,12-15H2,1-3H3/b22-18+,30-17?. The van der Waals surface area contributed by atoms with Crippen LogP contribution in [0, 0.1) is 16.7 Å². The van der Waals surface area contributed by atoms with Crippen molar-refractivity contribution in [2.75, 3.05) is 25.0 Å². The molecule has 1 unspecified atom stereocenters. The van der Waals surface area contributed by atoms with Crippen LogP contribution in [-0.4, -0.2) is 49.2 Å². The minimum atomic E-state index is -0.0127. The van der Waals surface area contributed by atoms with Crippen molar-refractivity contribution in [1.29, 1.82) is 10.7 Å². The van der Waals surface area contributed by atoms with E-state index < -0.39 is 0 Å². The summed E-state index contributed by atoms with van der Waals surface area (Å²) in [4.78, 5) is 16.6. The van der Waals surface area contributed by atoms with Crippen LogP contribution in [-0.2, 0) is 11.2 Å². The van der Waals surface area contributed by atoms with Crippen molar-refractivity contribution in [3.8, 4) is 17.6 Å². The lowest BCUT2D eigenvalue weighted by molar-refractivity contribution is -0.117. The number of anilines is 1. The van der Waals surface area contributed by atoms with Crippen molar-refractivity contribution in [3.63, 3.8) is 0 Å². The van der Waals surface area contributed by atoms with Gasteiger partial charge in [0.15, 0.2) is 0 Å². The second-order valence-corrected chi connectivity index (χ2v) is 9.41. The molecule has 1 fully saturated rings. The summed E-state index contributed by atoms with van der Waals surface area (Å²) in [5.41, 5.74) is 3.66. The lowest BCUT2D eigenvalue weighted by Gasteiger charge is -2.36. The summed E-state index contributed by atoms with van der Waals surface area (Å²) in [6, 6.07) is 13.7. The van der Waals surface area contributed by atoms with Crippen LogP contribution in [0.15, 0.2) is 42.6 Å². The summed E-state index contributed by atoms with van der Waals surface area (Å²) in [7, 11) is 2.13. The minimum Gasteiger partial charge on any atom is -0.455 e. The maximum atomic E-state index is 12.5. The number of carbonyl (C=O) groups excluding carboxylic acids is 1. The van der Waals surface area contributed by atoms with Crippen molar-refractivity contribution in [3.05, 3.63) is 59.3 Å². The van der Waals surface area contributed by atoms with Gasteiger partial charge in [0.2, 0.25) is 5.91 Å². The molecule has 2 heterocycles. The highest BCUT2D eigenvalue weighted by Crippen LogP contribution is 2.43. The van der Waals surface area contributed by atoms with Crippen molar-refractivity contribution >= 4 is 23.4 Å². The molecule has 2 aromatic rings. The van der Waals surface area contributed by atoms with Gasteiger partial charge in [-0.3, -0.25) is 4.79 Å². The smallest absolute Gasteiger partial charge is 0.224 e. The number of nitriles is 1. The molecule has 2 aliphatic heterocycles. The Morgan fingerprint density at radius 1 is 1.20 bits per heavy atom. The largest absolute Gasteiger partial charge is 0.455 e. The number of ether oxygens (including phenoxy) is 1. The monoisotopic (exact) mass is 471 g/mol. The number of carbonyl (C=O) groups is 1. The molecule has 0 spiro atoms. The zero-order valence-electron chi connectivity index (χ0n) is 20.7. The van der Waals surface area contributed by atoms with Gasteiger partial charge in [-0.15, -0.1) is 0 Å². The van der Waals surface area contributed by atoms with Crippen molar-refractivity contribution in [2.45, 2.75) is 51.6 Å². The van der Waals surface area contributed by atoms with Crippen LogP contribution in [0.1, 0.15) is 49.8 Å². The first-order valence-corrected chi connectivity index (χ1v) is 12.2. The molecule has 7 nitrogen and oxygen atoms in total. The normalized spacial score (nSPS) is 19.0. The molecule has 0 saturated carbocycles. The van der Waals surface area contributed by atoms with E-state index in [2.05, 4.69) is 30.3 Å². The maximum Gasteiger partial charge on any atom is 0.224 e. The molecule has 35 heavy (non-hydrogen) atoms. The second kappa shape index (κ2) is 10.7. The topological polar surface area (TPSA) is 92.5 Å². The zero-order chi connectivity index (χ0) is 24.9.